The van der Waals surface area contributed by atoms with E-state index in [9.17, 15) is 9.59 Å². The van der Waals surface area contributed by atoms with E-state index in [1.165, 1.54) is 9.75 Å². The van der Waals surface area contributed by atoms with Crippen molar-refractivity contribution in [2.75, 3.05) is 13.1 Å². The van der Waals surface area contributed by atoms with Crippen LogP contribution in [0, 0.1) is 5.92 Å². The van der Waals surface area contributed by atoms with Crippen molar-refractivity contribution in [3.63, 3.8) is 0 Å². The molecule has 0 unspecified atom stereocenters. The molecule has 0 radical (unpaired) electrons. The number of hydrogen-bond acceptors (Lipinski definition) is 4. The molecule has 0 saturated carbocycles. The van der Waals surface area contributed by atoms with Crippen molar-refractivity contribution in [2.45, 2.75) is 25.9 Å². The number of benzene rings is 1. The quantitative estimate of drug-likeness (QED) is 0.486. The first-order valence-corrected chi connectivity index (χ1v) is 12.1. The summed E-state index contributed by atoms with van der Waals surface area (Å²) in [5, 5.41) is 4.71. The molecule has 4 rings (SSSR count). The number of piperidine rings is 1. The summed E-state index contributed by atoms with van der Waals surface area (Å²) in [5.74, 6) is 0.154. The molecule has 1 fully saturated rings. The minimum Gasteiger partial charge on any atom is -0.339 e. The van der Waals surface area contributed by atoms with Gasteiger partial charge in [-0.2, -0.15) is 0 Å². The number of thiophene rings is 2. The second kappa shape index (κ2) is 9.77. The predicted octanol–water partition coefficient (Wildman–Crippen LogP) is 5.54. The molecule has 2 aromatic heterocycles. The van der Waals surface area contributed by atoms with Crippen molar-refractivity contribution in [3.05, 3.63) is 79.6 Å². The Morgan fingerprint density at radius 2 is 1.50 bits per heavy atom. The highest BCUT2D eigenvalue weighted by molar-refractivity contribution is 7.10. The van der Waals surface area contributed by atoms with Crippen molar-refractivity contribution in [3.8, 4) is 0 Å². The normalized spacial score (nSPS) is 14.6. The fourth-order valence-corrected chi connectivity index (χ4v) is 5.32. The van der Waals surface area contributed by atoms with Crippen LogP contribution in [0.1, 0.15) is 33.0 Å². The van der Waals surface area contributed by atoms with Gasteiger partial charge >= 0.3 is 0 Å². The smallest absolute Gasteiger partial charge is 0.253 e. The molecule has 0 aliphatic carbocycles. The van der Waals surface area contributed by atoms with Crippen LogP contribution < -0.4 is 0 Å². The number of hydrogen-bond donors (Lipinski definition) is 0. The Labute approximate surface area is 189 Å². The van der Waals surface area contributed by atoms with Gasteiger partial charge in [-0.1, -0.05) is 23.7 Å². The summed E-state index contributed by atoms with van der Waals surface area (Å²) in [7, 11) is 0. The van der Waals surface area contributed by atoms with E-state index in [2.05, 4.69) is 12.1 Å². The molecule has 0 atom stereocenters. The zero-order valence-corrected chi connectivity index (χ0v) is 18.9. The molecule has 0 N–H and O–H groups in total. The molecule has 30 heavy (non-hydrogen) atoms. The summed E-state index contributed by atoms with van der Waals surface area (Å²) in [5.41, 5.74) is 0.640. The SMILES string of the molecule is O=C(c1ccc(Cl)cc1)N1CCC(C(=O)N(Cc2cccs2)Cc2cccs2)CC1. The van der Waals surface area contributed by atoms with Crippen molar-refractivity contribution in [2.24, 2.45) is 5.92 Å². The van der Waals surface area contributed by atoms with E-state index >= 15 is 0 Å². The maximum Gasteiger partial charge on any atom is 0.253 e. The van der Waals surface area contributed by atoms with Crippen LogP contribution in [0.4, 0.5) is 0 Å². The van der Waals surface area contributed by atoms with Crippen molar-refractivity contribution < 1.29 is 9.59 Å². The number of nitrogens with zero attached hydrogens (tertiary/aromatic N) is 2. The molecule has 1 aromatic carbocycles. The highest BCUT2D eigenvalue weighted by Gasteiger charge is 2.31. The fraction of sp³-hybridized carbons (Fsp3) is 0.304. The first kappa shape index (κ1) is 21.1. The van der Waals surface area contributed by atoms with Gasteiger partial charge in [-0.3, -0.25) is 9.59 Å². The van der Waals surface area contributed by atoms with Gasteiger partial charge in [0.1, 0.15) is 0 Å². The van der Waals surface area contributed by atoms with Crippen LogP contribution in [0.2, 0.25) is 5.02 Å². The Kier molecular flexibility index (Phi) is 6.87. The first-order chi connectivity index (χ1) is 14.6. The summed E-state index contributed by atoms with van der Waals surface area (Å²) in [6, 6.07) is 15.2. The van der Waals surface area contributed by atoms with E-state index in [0.29, 0.717) is 49.6 Å². The zero-order chi connectivity index (χ0) is 20.9. The average molecular weight is 459 g/mol. The summed E-state index contributed by atoms with van der Waals surface area (Å²) in [6.45, 7) is 2.48. The minimum absolute atomic E-state index is 0.00610. The largest absolute Gasteiger partial charge is 0.339 e. The molecule has 0 spiro atoms. The molecule has 2 amide bonds. The molecule has 3 heterocycles. The second-order valence-corrected chi connectivity index (χ2v) is 9.93. The topological polar surface area (TPSA) is 40.6 Å². The summed E-state index contributed by atoms with van der Waals surface area (Å²) < 4.78 is 0. The minimum atomic E-state index is -0.0424. The summed E-state index contributed by atoms with van der Waals surface area (Å²) >= 11 is 9.28. The number of halogens is 1. The Balaban J connectivity index is 1.39. The van der Waals surface area contributed by atoms with Gasteiger partial charge in [0.25, 0.3) is 5.91 Å². The van der Waals surface area contributed by atoms with Crippen LogP contribution in [0.5, 0.6) is 0 Å². The lowest BCUT2D eigenvalue weighted by Crippen LogP contribution is -2.44. The maximum atomic E-state index is 13.4. The summed E-state index contributed by atoms with van der Waals surface area (Å²) in [6.07, 6.45) is 1.40. The van der Waals surface area contributed by atoms with Gasteiger partial charge in [0, 0.05) is 39.3 Å². The van der Waals surface area contributed by atoms with Gasteiger partial charge in [0.2, 0.25) is 5.91 Å². The third kappa shape index (κ3) is 5.12. The van der Waals surface area contributed by atoms with E-state index in [4.69, 9.17) is 11.6 Å². The fourth-order valence-electron chi connectivity index (χ4n) is 3.76. The van der Waals surface area contributed by atoms with Crippen LogP contribution in [-0.2, 0) is 17.9 Å². The van der Waals surface area contributed by atoms with Gasteiger partial charge in [-0.05, 0) is 60.0 Å². The van der Waals surface area contributed by atoms with Crippen molar-refractivity contribution >= 4 is 46.1 Å². The van der Waals surface area contributed by atoms with Crippen LogP contribution in [-0.4, -0.2) is 34.7 Å². The summed E-state index contributed by atoms with van der Waals surface area (Å²) in [4.78, 5) is 32.3. The lowest BCUT2D eigenvalue weighted by Gasteiger charge is -2.34. The van der Waals surface area contributed by atoms with Crippen LogP contribution in [0.3, 0.4) is 0 Å². The first-order valence-electron chi connectivity index (χ1n) is 9.98. The van der Waals surface area contributed by atoms with Crippen molar-refractivity contribution in [1.29, 1.82) is 0 Å². The maximum absolute atomic E-state index is 13.4. The highest BCUT2D eigenvalue weighted by atomic mass is 35.5. The Morgan fingerprint density at radius 1 is 0.933 bits per heavy atom. The molecule has 1 aliphatic rings. The predicted molar refractivity (Wildman–Crippen MR) is 123 cm³/mol. The number of likely N-dealkylation sites (tertiary alicyclic amines) is 1. The molecule has 1 aliphatic heterocycles. The Hall–Kier alpha value is -2.15. The molecular formula is C23H23ClN2O2S2. The van der Waals surface area contributed by atoms with E-state index in [-0.39, 0.29) is 17.7 Å². The van der Waals surface area contributed by atoms with E-state index < -0.39 is 0 Å². The highest BCUT2D eigenvalue weighted by Crippen LogP contribution is 2.25. The molecule has 3 aromatic rings. The van der Waals surface area contributed by atoms with Gasteiger partial charge in [-0.25, -0.2) is 0 Å². The number of amides is 2. The Morgan fingerprint density at radius 3 is 2.00 bits per heavy atom. The molecule has 7 heteroatoms. The van der Waals surface area contributed by atoms with Gasteiger partial charge < -0.3 is 9.80 Å². The molecular weight excluding hydrogens is 436 g/mol. The van der Waals surface area contributed by atoms with Gasteiger partial charge in [-0.15, -0.1) is 22.7 Å². The number of carbonyl (C=O) groups is 2. The van der Waals surface area contributed by atoms with E-state index in [1.807, 2.05) is 32.7 Å². The second-order valence-electron chi connectivity index (χ2n) is 7.43. The van der Waals surface area contributed by atoms with Crippen molar-refractivity contribution in [1.82, 2.24) is 9.80 Å². The van der Waals surface area contributed by atoms with Crippen LogP contribution >= 0.6 is 34.3 Å². The standard InChI is InChI=1S/C23H23ClN2O2S2/c24-19-7-5-17(6-8-19)22(27)25-11-9-18(10-12-25)23(28)26(15-20-3-1-13-29-20)16-21-4-2-14-30-21/h1-8,13-14,18H,9-12,15-16H2. The molecule has 156 valence electrons. The lowest BCUT2D eigenvalue weighted by molar-refractivity contribution is -0.138. The number of rotatable bonds is 6. The van der Waals surface area contributed by atoms with Gasteiger partial charge in [0.15, 0.2) is 0 Å². The molecule has 4 nitrogen and oxygen atoms in total. The van der Waals surface area contributed by atoms with Crippen LogP contribution in [0.15, 0.2) is 59.3 Å². The average Bonchev–Trinajstić information content (AvgIpc) is 3.47. The third-order valence-corrected chi connectivity index (χ3v) is 7.36. The zero-order valence-electron chi connectivity index (χ0n) is 16.5. The third-order valence-electron chi connectivity index (χ3n) is 5.39. The molecule has 0 bridgehead atoms. The lowest BCUT2D eigenvalue weighted by atomic mass is 9.94. The monoisotopic (exact) mass is 458 g/mol. The Bertz CT molecular complexity index is 927. The van der Waals surface area contributed by atoms with E-state index in [0.717, 1.165) is 0 Å². The van der Waals surface area contributed by atoms with Gasteiger partial charge in [0.05, 0.1) is 13.1 Å². The van der Waals surface area contributed by atoms with Crippen LogP contribution in [0.25, 0.3) is 0 Å². The number of carbonyl (C=O) groups excluding carboxylic acids is 2. The van der Waals surface area contributed by atoms with E-state index in [1.54, 1.807) is 46.9 Å². The molecule has 1 saturated heterocycles.